The van der Waals surface area contributed by atoms with Crippen molar-refractivity contribution in [3.63, 3.8) is 0 Å². The van der Waals surface area contributed by atoms with Crippen molar-refractivity contribution in [1.29, 1.82) is 5.26 Å². The molecule has 1 aromatic rings. The van der Waals surface area contributed by atoms with Crippen LogP contribution < -0.4 is 10.3 Å². The van der Waals surface area contributed by atoms with Crippen LogP contribution in [0.2, 0.25) is 0 Å². The maximum absolute atomic E-state index is 12.0. The van der Waals surface area contributed by atoms with Gasteiger partial charge in [0.15, 0.2) is 5.75 Å². The second-order valence-electron chi connectivity index (χ2n) is 4.54. The Hall–Kier alpha value is -1.76. The molecule has 19 heavy (non-hydrogen) atoms. The van der Waals surface area contributed by atoms with Crippen molar-refractivity contribution in [2.75, 3.05) is 6.61 Å². The number of ether oxygens (including phenoxy) is 1. The third-order valence-corrected chi connectivity index (χ3v) is 2.96. The number of nitriles is 1. The number of unbranched alkanes of at least 4 members (excludes halogenated alkanes) is 4. The Kier molecular flexibility index (Phi) is 7.41. The summed E-state index contributed by atoms with van der Waals surface area (Å²) < 4.78 is 7.04. The monoisotopic (exact) mass is 262 g/mol. The molecule has 0 bridgehead atoms. The molecule has 0 N–H and O–H groups in total. The fraction of sp³-hybridized carbons (Fsp3) is 0.600. The number of nitrogens with zero attached hydrogens (tertiary/aromatic N) is 2. The van der Waals surface area contributed by atoms with E-state index in [9.17, 15) is 4.79 Å². The second kappa shape index (κ2) is 9.21. The average molecular weight is 262 g/mol. The molecule has 0 saturated carbocycles. The van der Waals surface area contributed by atoms with Crippen molar-refractivity contribution in [3.8, 4) is 11.8 Å². The Labute approximate surface area is 114 Å². The van der Waals surface area contributed by atoms with Crippen molar-refractivity contribution in [2.45, 2.75) is 52.0 Å². The highest BCUT2D eigenvalue weighted by Gasteiger charge is 2.03. The summed E-state index contributed by atoms with van der Waals surface area (Å²) in [6, 6.07) is 5.51. The van der Waals surface area contributed by atoms with Gasteiger partial charge in [-0.2, -0.15) is 5.26 Å². The van der Waals surface area contributed by atoms with Gasteiger partial charge in [0.1, 0.15) is 0 Å². The summed E-state index contributed by atoms with van der Waals surface area (Å²) in [5, 5.41) is 8.54. The van der Waals surface area contributed by atoms with Crippen molar-refractivity contribution < 1.29 is 4.74 Å². The van der Waals surface area contributed by atoms with Crippen LogP contribution in [-0.2, 0) is 6.54 Å². The van der Waals surface area contributed by atoms with Crippen LogP contribution >= 0.6 is 0 Å². The highest BCUT2D eigenvalue weighted by Crippen LogP contribution is 2.06. The molecule has 4 heteroatoms. The largest absolute Gasteiger partial charge is 0.488 e. The number of rotatable bonds is 9. The Morgan fingerprint density at radius 1 is 1.32 bits per heavy atom. The van der Waals surface area contributed by atoms with Crippen LogP contribution in [-0.4, -0.2) is 11.2 Å². The van der Waals surface area contributed by atoms with Crippen molar-refractivity contribution in [3.05, 3.63) is 28.7 Å². The second-order valence-corrected chi connectivity index (χ2v) is 4.54. The summed E-state index contributed by atoms with van der Waals surface area (Å²) in [4.78, 5) is 12.0. The van der Waals surface area contributed by atoms with Gasteiger partial charge in [0, 0.05) is 12.7 Å². The maximum Gasteiger partial charge on any atom is 0.292 e. The molecule has 0 amide bonds. The molecule has 0 saturated heterocycles. The minimum atomic E-state index is -0.147. The van der Waals surface area contributed by atoms with E-state index in [0.717, 1.165) is 12.8 Å². The van der Waals surface area contributed by atoms with Gasteiger partial charge in [-0.3, -0.25) is 4.79 Å². The standard InChI is InChI=1S/C15H22N2O2/c1-2-3-4-5-6-13-19-14-9-7-11-17(15(14)18)12-8-10-16/h7,9,11H,2-6,8,12-13H2,1H3. The average Bonchev–Trinajstić information content (AvgIpc) is 2.43. The lowest BCUT2D eigenvalue weighted by atomic mass is 10.2. The molecule has 0 aliphatic rings. The van der Waals surface area contributed by atoms with Gasteiger partial charge in [-0.25, -0.2) is 0 Å². The first-order chi connectivity index (χ1) is 9.29. The van der Waals surface area contributed by atoms with Crippen LogP contribution in [0.5, 0.6) is 5.75 Å². The number of aryl methyl sites for hydroxylation is 1. The van der Waals surface area contributed by atoms with Gasteiger partial charge >= 0.3 is 0 Å². The Morgan fingerprint density at radius 2 is 2.11 bits per heavy atom. The van der Waals surface area contributed by atoms with Gasteiger partial charge in [0.05, 0.1) is 19.1 Å². The molecular formula is C15H22N2O2. The molecule has 0 radical (unpaired) electrons. The maximum atomic E-state index is 12.0. The third-order valence-electron chi connectivity index (χ3n) is 2.96. The quantitative estimate of drug-likeness (QED) is 0.642. The molecule has 0 aliphatic heterocycles. The molecule has 1 aromatic heterocycles. The van der Waals surface area contributed by atoms with E-state index >= 15 is 0 Å². The van der Waals surface area contributed by atoms with Crippen LogP contribution in [0.1, 0.15) is 45.4 Å². The van der Waals surface area contributed by atoms with Crippen molar-refractivity contribution in [2.24, 2.45) is 0 Å². The van der Waals surface area contributed by atoms with Gasteiger partial charge in [0.2, 0.25) is 0 Å². The lowest BCUT2D eigenvalue weighted by molar-refractivity contribution is 0.298. The van der Waals surface area contributed by atoms with E-state index in [2.05, 4.69) is 6.92 Å². The fourth-order valence-corrected chi connectivity index (χ4v) is 1.86. The first-order valence-corrected chi connectivity index (χ1v) is 6.98. The summed E-state index contributed by atoms with van der Waals surface area (Å²) in [5.74, 6) is 0.385. The van der Waals surface area contributed by atoms with Gasteiger partial charge in [0.25, 0.3) is 5.56 Å². The zero-order valence-electron chi connectivity index (χ0n) is 11.6. The highest BCUT2D eigenvalue weighted by molar-refractivity contribution is 5.17. The normalized spacial score (nSPS) is 10.1. The highest BCUT2D eigenvalue weighted by atomic mass is 16.5. The molecule has 1 heterocycles. The van der Waals surface area contributed by atoms with Gasteiger partial charge < -0.3 is 9.30 Å². The molecule has 4 nitrogen and oxygen atoms in total. The first kappa shape index (κ1) is 15.3. The molecular weight excluding hydrogens is 240 g/mol. The van der Waals surface area contributed by atoms with E-state index in [4.69, 9.17) is 10.00 Å². The number of aromatic nitrogens is 1. The molecule has 0 atom stereocenters. The number of pyridine rings is 1. The van der Waals surface area contributed by atoms with Crippen LogP contribution in [0, 0.1) is 11.3 Å². The lowest BCUT2D eigenvalue weighted by Gasteiger charge is -2.08. The van der Waals surface area contributed by atoms with Gasteiger partial charge in [-0.05, 0) is 18.6 Å². The van der Waals surface area contributed by atoms with Crippen LogP contribution in [0.3, 0.4) is 0 Å². The van der Waals surface area contributed by atoms with Crippen molar-refractivity contribution >= 4 is 0 Å². The summed E-state index contributed by atoms with van der Waals surface area (Å²) in [5.41, 5.74) is -0.147. The summed E-state index contributed by atoms with van der Waals surface area (Å²) in [6.07, 6.45) is 7.85. The van der Waals surface area contributed by atoms with E-state index in [1.807, 2.05) is 6.07 Å². The van der Waals surface area contributed by atoms with Gasteiger partial charge in [-0.1, -0.05) is 32.6 Å². The van der Waals surface area contributed by atoms with E-state index in [1.165, 1.54) is 23.8 Å². The Balaban J connectivity index is 2.41. The van der Waals surface area contributed by atoms with E-state index in [1.54, 1.807) is 18.3 Å². The molecule has 0 fully saturated rings. The topological polar surface area (TPSA) is 55.0 Å². The van der Waals surface area contributed by atoms with Gasteiger partial charge in [-0.15, -0.1) is 0 Å². The van der Waals surface area contributed by atoms with Crippen LogP contribution in [0.4, 0.5) is 0 Å². The summed E-state index contributed by atoms with van der Waals surface area (Å²) in [7, 11) is 0. The Bertz CT molecular complexity index is 460. The van der Waals surface area contributed by atoms with E-state index < -0.39 is 0 Å². The van der Waals surface area contributed by atoms with Crippen LogP contribution in [0.15, 0.2) is 23.1 Å². The van der Waals surface area contributed by atoms with Crippen molar-refractivity contribution in [1.82, 2.24) is 4.57 Å². The number of hydrogen-bond acceptors (Lipinski definition) is 3. The fourth-order valence-electron chi connectivity index (χ4n) is 1.86. The predicted octanol–water partition coefficient (Wildman–Crippen LogP) is 3.11. The smallest absolute Gasteiger partial charge is 0.292 e. The minimum Gasteiger partial charge on any atom is -0.488 e. The molecule has 1 rings (SSSR count). The lowest BCUT2D eigenvalue weighted by Crippen LogP contribution is -2.21. The zero-order valence-corrected chi connectivity index (χ0v) is 11.6. The molecule has 104 valence electrons. The SMILES string of the molecule is CCCCCCCOc1cccn(CCC#N)c1=O. The first-order valence-electron chi connectivity index (χ1n) is 6.98. The zero-order chi connectivity index (χ0) is 13.9. The third kappa shape index (κ3) is 5.60. The van der Waals surface area contributed by atoms with E-state index in [0.29, 0.717) is 25.3 Å². The van der Waals surface area contributed by atoms with Crippen LogP contribution in [0.25, 0.3) is 0 Å². The number of hydrogen-bond donors (Lipinski definition) is 0. The van der Waals surface area contributed by atoms with E-state index in [-0.39, 0.29) is 5.56 Å². The Morgan fingerprint density at radius 3 is 2.84 bits per heavy atom. The molecule has 0 spiro atoms. The minimum absolute atomic E-state index is 0.147. The molecule has 0 aromatic carbocycles. The molecule has 0 unspecified atom stereocenters. The summed E-state index contributed by atoms with van der Waals surface area (Å²) in [6.45, 7) is 3.19. The summed E-state index contributed by atoms with van der Waals surface area (Å²) >= 11 is 0. The molecule has 0 aliphatic carbocycles. The predicted molar refractivity (Wildman–Crippen MR) is 75.2 cm³/mol.